The number of rotatable bonds is 8. The summed E-state index contributed by atoms with van der Waals surface area (Å²) in [5.74, 6) is -2.14. The molecule has 0 aromatic heterocycles. The van der Waals surface area contributed by atoms with E-state index in [9.17, 15) is 28.2 Å². The molecule has 0 bridgehead atoms. The van der Waals surface area contributed by atoms with Crippen molar-refractivity contribution in [2.45, 2.75) is 53.0 Å². The standard InChI is InChI=1S/C37H41N3O7S/c1-6-38-30-18-32-28(16-22(30)3)34(25-10-8-9-11-26(25)36(43)44)29-17-27-24(20-37(4,5)40(7-2)31(27)19-33(29)47-32)21-48(45,46)39-14-12-23(13-15-39)35(41)42/h8-11,16-20,23H,6-7,12-15,21H2,1-5H3,(H,41,42)(H,43,44)/p+1. The first-order chi connectivity index (χ1) is 22.8. The topological polar surface area (TPSA) is 142 Å². The highest BCUT2D eigenvalue weighted by Gasteiger charge is 2.37. The molecule has 252 valence electrons. The minimum atomic E-state index is -3.79. The number of aryl methyl sites for hydroxylation is 1. The summed E-state index contributed by atoms with van der Waals surface area (Å²) in [7, 11) is -3.79. The number of piperidine rings is 1. The summed E-state index contributed by atoms with van der Waals surface area (Å²) in [6.07, 6.45) is 2.56. The number of carboxylic acids is 2. The van der Waals surface area contributed by atoms with Crippen molar-refractivity contribution in [3.05, 3.63) is 76.7 Å². The second-order valence-corrected chi connectivity index (χ2v) is 15.2. The van der Waals surface area contributed by atoms with Gasteiger partial charge in [0, 0.05) is 59.0 Å². The third-order valence-electron chi connectivity index (χ3n) is 9.69. The van der Waals surface area contributed by atoms with E-state index < -0.39 is 33.4 Å². The molecule has 3 heterocycles. The molecule has 2 aromatic carbocycles. The fourth-order valence-corrected chi connectivity index (χ4v) is 8.96. The van der Waals surface area contributed by atoms with Gasteiger partial charge in [0.2, 0.25) is 15.4 Å². The van der Waals surface area contributed by atoms with Gasteiger partial charge in [-0.25, -0.2) is 22.5 Å². The number of anilines is 1. The van der Waals surface area contributed by atoms with E-state index in [4.69, 9.17) is 4.42 Å². The van der Waals surface area contributed by atoms with E-state index in [0.29, 0.717) is 40.0 Å². The van der Waals surface area contributed by atoms with Crippen molar-refractivity contribution >= 4 is 44.2 Å². The van der Waals surface area contributed by atoms with Gasteiger partial charge < -0.3 is 19.5 Å². The van der Waals surface area contributed by atoms with Crippen LogP contribution in [-0.2, 0) is 14.8 Å². The second-order valence-electron chi connectivity index (χ2n) is 13.2. The van der Waals surface area contributed by atoms with Gasteiger partial charge in [-0.2, -0.15) is 0 Å². The SMILES string of the molecule is CC[NH+]=c1cc2oc3cc4c(cc3c(-c3ccccc3C(=O)O)c-2cc1C)C(CS(=O)(=O)N1CCC(C(=O)O)CC1)=CC(C)(C)N4CC. The predicted molar refractivity (Wildman–Crippen MR) is 185 cm³/mol. The molecule has 0 amide bonds. The van der Waals surface area contributed by atoms with Crippen LogP contribution in [0.3, 0.4) is 0 Å². The highest BCUT2D eigenvalue weighted by molar-refractivity contribution is 7.89. The molecule has 0 spiro atoms. The molecule has 1 saturated heterocycles. The van der Waals surface area contributed by atoms with Gasteiger partial charge in [-0.15, -0.1) is 0 Å². The average molecular weight is 673 g/mol. The summed E-state index contributed by atoms with van der Waals surface area (Å²) in [6.45, 7) is 11.9. The summed E-state index contributed by atoms with van der Waals surface area (Å²) >= 11 is 0. The number of carbonyl (C=O) groups is 2. The van der Waals surface area contributed by atoms with Crippen LogP contribution < -0.4 is 15.2 Å². The summed E-state index contributed by atoms with van der Waals surface area (Å²) in [5, 5.41) is 21.3. The number of aromatic carboxylic acids is 1. The van der Waals surface area contributed by atoms with Crippen molar-refractivity contribution in [3.63, 3.8) is 0 Å². The number of benzene rings is 3. The van der Waals surface area contributed by atoms with Gasteiger partial charge in [0.1, 0.15) is 17.9 Å². The van der Waals surface area contributed by atoms with Crippen molar-refractivity contribution in [1.29, 1.82) is 0 Å². The van der Waals surface area contributed by atoms with E-state index in [-0.39, 0.29) is 37.2 Å². The minimum Gasteiger partial charge on any atom is -0.481 e. The Morgan fingerprint density at radius 3 is 2.35 bits per heavy atom. The lowest BCUT2D eigenvalue weighted by molar-refractivity contribution is -0.496. The zero-order valence-corrected chi connectivity index (χ0v) is 28.8. The number of hydrogen-bond donors (Lipinski definition) is 3. The largest absolute Gasteiger partial charge is 0.481 e. The van der Waals surface area contributed by atoms with Gasteiger partial charge in [0.25, 0.3) is 0 Å². The van der Waals surface area contributed by atoms with Crippen molar-refractivity contribution < 1.29 is 37.6 Å². The third kappa shape index (κ3) is 5.90. The van der Waals surface area contributed by atoms with Crippen molar-refractivity contribution in [1.82, 2.24) is 4.31 Å². The van der Waals surface area contributed by atoms with Crippen LogP contribution in [0.15, 0.2) is 59.0 Å². The van der Waals surface area contributed by atoms with Crippen LogP contribution >= 0.6 is 0 Å². The number of nitrogens with zero attached hydrogens (tertiary/aromatic N) is 2. The summed E-state index contributed by atoms with van der Waals surface area (Å²) in [5.41, 5.74) is 5.33. The van der Waals surface area contributed by atoms with E-state index in [1.807, 2.05) is 64.1 Å². The molecule has 3 N–H and O–H groups in total. The monoisotopic (exact) mass is 672 g/mol. The molecule has 11 heteroatoms. The Balaban J connectivity index is 1.61. The minimum absolute atomic E-state index is 0.150. The average Bonchev–Trinajstić information content (AvgIpc) is 3.03. The fraction of sp³-hybridized carbons (Fsp3) is 0.378. The van der Waals surface area contributed by atoms with Gasteiger partial charge >= 0.3 is 11.9 Å². The van der Waals surface area contributed by atoms with E-state index >= 15 is 0 Å². The molecule has 48 heavy (non-hydrogen) atoms. The molecule has 4 aliphatic rings. The van der Waals surface area contributed by atoms with Crippen LogP contribution in [0.2, 0.25) is 0 Å². The molecule has 0 radical (unpaired) electrons. The van der Waals surface area contributed by atoms with Crippen LogP contribution in [0.25, 0.3) is 39.0 Å². The molecule has 3 aliphatic heterocycles. The summed E-state index contributed by atoms with van der Waals surface area (Å²) in [4.78, 5) is 29.6. The third-order valence-corrected chi connectivity index (χ3v) is 11.5. The molecule has 0 saturated carbocycles. The van der Waals surface area contributed by atoms with Gasteiger partial charge in [0.15, 0.2) is 0 Å². The molecule has 1 aliphatic carbocycles. The number of likely N-dealkylation sites (N-methyl/N-ethyl adjacent to an activating group) is 1. The van der Waals surface area contributed by atoms with Gasteiger partial charge in [-0.3, -0.25) is 4.79 Å². The number of hydrogen-bond acceptors (Lipinski definition) is 6. The second kappa shape index (κ2) is 12.5. The van der Waals surface area contributed by atoms with Crippen LogP contribution in [0.1, 0.15) is 62.0 Å². The van der Waals surface area contributed by atoms with E-state index in [2.05, 4.69) is 16.8 Å². The van der Waals surface area contributed by atoms with Gasteiger partial charge in [-0.1, -0.05) is 24.3 Å². The Labute approximate surface area is 280 Å². The molecule has 10 nitrogen and oxygen atoms in total. The molecular weight excluding hydrogens is 630 g/mol. The zero-order valence-electron chi connectivity index (χ0n) is 28.0. The Hall–Kier alpha value is -4.48. The molecule has 0 atom stereocenters. The van der Waals surface area contributed by atoms with Crippen molar-refractivity contribution in [3.8, 4) is 22.5 Å². The lowest BCUT2D eigenvalue weighted by Crippen LogP contribution is -2.76. The van der Waals surface area contributed by atoms with Crippen molar-refractivity contribution in [2.75, 3.05) is 36.8 Å². The number of sulfonamides is 1. The van der Waals surface area contributed by atoms with Crippen LogP contribution in [0.4, 0.5) is 5.69 Å². The number of carboxylic acid groups (broad SMARTS) is 2. The van der Waals surface area contributed by atoms with E-state index in [1.165, 1.54) is 4.31 Å². The van der Waals surface area contributed by atoms with E-state index in [0.717, 1.165) is 34.3 Å². The first-order valence-electron chi connectivity index (χ1n) is 16.4. The first-order valence-corrected chi connectivity index (χ1v) is 18.0. The molecule has 1 fully saturated rings. The molecule has 2 aromatic rings. The summed E-state index contributed by atoms with van der Waals surface area (Å²) in [6, 6.07) is 14.8. The number of aliphatic carboxylic acids is 1. The maximum absolute atomic E-state index is 13.9. The lowest BCUT2D eigenvalue weighted by atomic mass is 9.85. The maximum Gasteiger partial charge on any atom is 0.336 e. The highest BCUT2D eigenvalue weighted by atomic mass is 32.2. The quantitative estimate of drug-likeness (QED) is 0.235. The Morgan fingerprint density at radius 1 is 1.00 bits per heavy atom. The Kier molecular flexibility index (Phi) is 8.72. The maximum atomic E-state index is 13.9. The number of fused-ring (bicyclic) bond motifs is 3. The first kappa shape index (κ1) is 33.4. The zero-order chi connectivity index (χ0) is 34.5. The predicted octanol–water partition coefficient (Wildman–Crippen LogP) is 4.34. The molecule has 0 unspecified atom stereocenters. The van der Waals surface area contributed by atoms with Gasteiger partial charge in [0.05, 0.1) is 28.8 Å². The Bertz CT molecular complexity index is 2120. The van der Waals surface area contributed by atoms with Crippen LogP contribution in [-0.4, -0.2) is 72.3 Å². The summed E-state index contributed by atoms with van der Waals surface area (Å²) < 4.78 is 35.9. The molecule has 6 rings (SSSR count). The van der Waals surface area contributed by atoms with E-state index in [1.54, 1.807) is 18.2 Å². The van der Waals surface area contributed by atoms with Crippen LogP contribution in [0.5, 0.6) is 0 Å². The van der Waals surface area contributed by atoms with Crippen LogP contribution in [0, 0.1) is 12.8 Å². The van der Waals surface area contributed by atoms with Gasteiger partial charge in [-0.05, 0) is 76.8 Å². The van der Waals surface area contributed by atoms with Crippen molar-refractivity contribution in [2.24, 2.45) is 5.92 Å². The smallest absolute Gasteiger partial charge is 0.336 e. The fourth-order valence-electron chi connectivity index (χ4n) is 7.38. The molecular formula is C37H42N3O7S+. The normalized spacial score (nSPS) is 17.5. The Morgan fingerprint density at radius 2 is 1.71 bits per heavy atom. The lowest BCUT2D eigenvalue weighted by Gasteiger charge is -2.43. The highest BCUT2D eigenvalue weighted by Crippen LogP contribution is 2.47. The number of nitrogens with one attached hydrogen (secondary N) is 1.